The number of benzene rings is 3. The maximum Gasteiger partial charge on any atom is 0.295 e. The van der Waals surface area contributed by atoms with Gasteiger partial charge in [-0.25, -0.2) is 0 Å². The number of nitrogens with zero attached hydrogens (tertiary/aromatic N) is 1. The van der Waals surface area contributed by atoms with Crippen LogP contribution in [0.15, 0.2) is 78.4 Å². The number of amides is 1. The highest BCUT2D eigenvalue weighted by Crippen LogP contribution is 2.41. The van der Waals surface area contributed by atoms with Crippen LogP contribution in [-0.2, 0) is 22.4 Å². The molecular weight excluding hydrogens is 454 g/mol. The molecule has 1 saturated heterocycles. The summed E-state index contributed by atoms with van der Waals surface area (Å²) in [5.41, 5.74) is 3.39. The number of ether oxygens (including phenoxy) is 2. The van der Waals surface area contributed by atoms with E-state index in [0.717, 1.165) is 28.9 Å². The van der Waals surface area contributed by atoms with E-state index in [4.69, 9.17) is 9.47 Å². The first-order valence-electron chi connectivity index (χ1n) is 12.3. The molecule has 0 aromatic heterocycles. The first-order chi connectivity index (χ1) is 17.5. The SMILES string of the molecule is CCOc1ccc(C2/C(=C(/O)c3ccc4c(c3)CC(C)O4)C(=O)C(=O)N2CCc2ccccc2)cc1. The Morgan fingerprint density at radius 2 is 1.81 bits per heavy atom. The number of ketones is 1. The lowest BCUT2D eigenvalue weighted by molar-refractivity contribution is -0.139. The van der Waals surface area contributed by atoms with Crippen molar-refractivity contribution < 1.29 is 24.2 Å². The first kappa shape index (κ1) is 23.7. The second-order valence-corrected chi connectivity index (χ2v) is 9.19. The molecule has 0 saturated carbocycles. The molecule has 2 atom stereocenters. The molecule has 184 valence electrons. The molecule has 6 heteroatoms. The summed E-state index contributed by atoms with van der Waals surface area (Å²) in [7, 11) is 0. The van der Waals surface area contributed by atoms with E-state index in [1.165, 1.54) is 0 Å². The van der Waals surface area contributed by atoms with E-state index in [1.54, 1.807) is 11.0 Å². The van der Waals surface area contributed by atoms with E-state index in [-0.39, 0.29) is 17.4 Å². The number of hydrogen-bond donors (Lipinski definition) is 1. The highest BCUT2D eigenvalue weighted by Gasteiger charge is 2.46. The number of hydrogen-bond acceptors (Lipinski definition) is 5. The van der Waals surface area contributed by atoms with Gasteiger partial charge in [-0.3, -0.25) is 9.59 Å². The Balaban J connectivity index is 1.56. The van der Waals surface area contributed by atoms with Gasteiger partial charge in [0.25, 0.3) is 11.7 Å². The summed E-state index contributed by atoms with van der Waals surface area (Å²) < 4.78 is 11.4. The molecule has 1 amide bonds. The highest BCUT2D eigenvalue weighted by molar-refractivity contribution is 6.46. The molecule has 0 radical (unpaired) electrons. The Bertz CT molecular complexity index is 1310. The van der Waals surface area contributed by atoms with Crippen molar-refractivity contribution in [3.8, 4) is 11.5 Å². The summed E-state index contributed by atoms with van der Waals surface area (Å²) in [6, 6.07) is 21.9. The Morgan fingerprint density at radius 1 is 1.06 bits per heavy atom. The number of Topliss-reactive ketones (excluding diaryl/α,β-unsaturated/α-hetero) is 1. The second-order valence-electron chi connectivity index (χ2n) is 9.19. The van der Waals surface area contributed by atoms with Crippen molar-refractivity contribution in [1.82, 2.24) is 4.90 Å². The number of fused-ring (bicyclic) bond motifs is 1. The highest BCUT2D eigenvalue weighted by atomic mass is 16.5. The van der Waals surface area contributed by atoms with Gasteiger partial charge in [0.15, 0.2) is 0 Å². The standard InChI is InChI=1S/C30H29NO5/c1-3-35-24-12-9-21(10-13-24)27-26(28(32)22-11-14-25-23(18-22)17-19(2)36-25)29(33)30(34)31(27)16-15-20-7-5-4-6-8-20/h4-14,18-19,27,32H,3,15-17H2,1-2H3/b28-26-. The van der Waals surface area contributed by atoms with Crippen LogP contribution in [0.25, 0.3) is 5.76 Å². The molecule has 3 aromatic rings. The summed E-state index contributed by atoms with van der Waals surface area (Å²) in [6.45, 7) is 4.78. The van der Waals surface area contributed by atoms with Gasteiger partial charge in [-0.15, -0.1) is 0 Å². The van der Waals surface area contributed by atoms with Crippen molar-refractivity contribution in [3.63, 3.8) is 0 Å². The number of likely N-dealkylation sites (tertiary alicyclic amines) is 1. The van der Waals surface area contributed by atoms with Gasteiger partial charge < -0.3 is 19.5 Å². The first-order valence-corrected chi connectivity index (χ1v) is 12.3. The Hall–Kier alpha value is -4.06. The minimum Gasteiger partial charge on any atom is -0.507 e. The molecule has 36 heavy (non-hydrogen) atoms. The monoisotopic (exact) mass is 483 g/mol. The van der Waals surface area contributed by atoms with Crippen molar-refractivity contribution in [2.45, 2.75) is 38.8 Å². The molecule has 2 heterocycles. The molecule has 3 aromatic carbocycles. The smallest absolute Gasteiger partial charge is 0.295 e. The van der Waals surface area contributed by atoms with Gasteiger partial charge in [-0.2, -0.15) is 0 Å². The Kier molecular flexibility index (Phi) is 6.51. The van der Waals surface area contributed by atoms with Gasteiger partial charge in [0.1, 0.15) is 23.4 Å². The van der Waals surface area contributed by atoms with Gasteiger partial charge in [0, 0.05) is 18.5 Å². The minimum absolute atomic E-state index is 0.0600. The van der Waals surface area contributed by atoms with Crippen LogP contribution >= 0.6 is 0 Å². The van der Waals surface area contributed by atoms with Crippen LogP contribution in [0, 0.1) is 0 Å². The van der Waals surface area contributed by atoms with E-state index in [2.05, 4.69) is 0 Å². The fourth-order valence-electron chi connectivity index (χ4n) is 4.99. The third-order valence-electron chi connectivity index (χ3n) is 6.70. The van der Waals surface area contributed by atoms with Gasteiger partial charge in [0.05, 0.1) is 18.2 Å². The third kappa shape index (κ3) is 4.47. The summed E-state index contributed by atoms with van der Waals surface area (Å²) in [6.07, 6.45) is 1.38. The third-order valence-corrected chi connectivity index (χ3v) is 6.70. The van der Waals surface area contributed by atoms with Crippen LogP contribution in [0.3, 0.4) is 0 Å². The second kappa shape index (κ2) is 9.90. The molecular formula is C30H29NO5. The fourth-order valence-corrected chi connectivity index (χ4v) is 4.99. The van der Waals surface area contributed by atoms with E-state index in [0.29, 0.717) is 30.9 Å². The maximum absolute atomic E-state index is 13.3. The van der Waals surface area contributed by atoms with Crippen molar-refractivity contribution in [1.29, 1.82) is 0 Å². The number of carbonyl (C=O) groups is 2. The van der Waals surface area contributed by atoms with Crippen LogP contribution in [0.2, 0.25) is 0 Å². The average Bonchev–Trinajstić information content (AvgIpc) is 3.39. The molecule has 2 aliphatic rings. The molecule has 2 aliphatic heterocycles. The van der Waals surface area contributed by atoms with Gasteiger partial charge in [0.2, 0.25) is 0 Å². The summed E-state index contributed by atoms with van der Waals surface area (Å²) >= 11 is 0. The van der Waals surface area contributed by atoms with Crippen molar-refractivity contribution in [2.75, 3.05) is 13.2 Å². The largest absolute Gasteiger partial charge is 0.507 e. The number of rotatable bonds is 7. The normalized spacial score (nSPS) is 20.3. The zero-order chi connectivity index (χ0) is 25.2. The minimum atomic E-state index is -0.701. The topological polar surface area (TPSA) is 76.1 Å². The van der Waals surface area contributed by atoms with E-state index < -0.39 is 17.7 Å². The predicted octanol–water partition coefficient (Wildman–Crippen LogP) is 5.07. The lowest BCUT2D eigenvalue weighted by Gasteiger charge is -2.25. The van der Waals surface area contributed by atoms with Crippen LogP contribution < -0.4 is 9.47 Å². The van der Waals surface area contributed by atoms with Crippen molar-refractivity contribution in [2.24, 2.45) is 0 Å². The Morgan fingerprint density at radius 3 is 2.53 bits per heavy atom. The number of carbonyl (C=O) groups excluding carboxylic acids is 2. The van der Waals surface area contributed by atoms with Gasteiger partial charge in [-0.1, -0.05) is 42.5 Å². The van der Waals surface area contributed by atoms with Crippen LogP contribution in [-0.4, -0.2) is 41.0 Å². The van der Waals surface area contributed by atoms with Crippen molar-refractivity contribution >= 4 is 17.4 Å². The summed E-state index contributed by atoms with van der Waals surface area (Å²) in [4.78, 5) is 28.1. The molecule has 0 bridgehead atoms. The quantitative estimate of drug-likeness (QED) is 0.288. The molecule has 2 unspecified atom stereocenters. The van der Waals surface area contributed by atoms with Gasteiger partial charge in [-0.05, 0) is 67.3 Å². The molecule has 0 aliphatic carbocycles. The predicted molar refractivity (Wildman–Crippen MR) is 137 cm³/mol. The van der Waals surface area contributed by atoms with Crippen LogP contribution in [0.1, 0.15) is 42.1 Å². The zero-order valence-corrected chi connectivity index (χ0v) is 20.4. The molecule has 5 rings (SSSR count). The van der Waals surface area contributed by atoms with Crippen molar-refractivity contribution in [3.05, 3.63) is 101 Å². The average molecular weight is 484 g/mol. The molecule has 0 spiro atoms. The van der Waals surface area contributed by atoms with E-state index in [9.17, 15) is 14.7 Å². The lowest BCUT2D eigenvalue weighted by atomic mass is 9.94. The molecule has 6 nitrogen and oxygen atoms in total. The van der Waals surface area contributed by atoms with Gasteiger partial charge >= 0.3 is 0 Å². The molecule has 1 fully saturated rings. The maximum atomic E-state index is 13.3. The van der Waals surface area contributed by atoms with E-state index in [1.807, 2.05) is 80.6 Å². The van der Waals surface area contributed by atoms with Crippen LogP contribution in [0.4, 0.5) is 0 Å². The number of aliphatic hydroxyl groups is 1. The zero-order valence-electron chi connectivity index (χ0n) is 20.4. The Labute approximate surface area is 210 Å². The summed E-state index contributed by atoms with van der Waals surface area (Å²) in [5.74, 6) is 0.0338. The summed E-state index contributed by atoms with van der Waals surface area (Å²) in [5, 5.41) is 11.4. The number of aliphatic hydroxyl groups excluding tert-OH is 1. The lowest BCUT2D eigenvalue weighted by Crippen LogP contribution is -2.31. The van der Waals surface area contributed by atoms with Crippen LogP contribution in [0.5, 0.6) is 11.5 Å². The van der Waals surface area contributed by atoms with E-state index >= 15 is 0 Å². The molecule has 1 N–H and O–H groups in total. The fraction of sp³-hybridized carbons (Fsp3) is 0.267.